The fraction of sp³-hybridized carbons (Fsp3) is 0.0179. The van der Waals surface area contributed by atoms with Gasteiger partial charge in [0.1, 0.15) is 0 Å². The fourth-order valence-corrected chi connectivity index (χ4v) is 9.82. The van der Waals surface area contributed by atoms with Crippen LogP contribution in [0, 0.1) is 0 Å². The van der Waals surface area contributed by atoms with Crippen molar-refractivity contribution in [3.8, 4) is 78.7 Å². The van der Waals surface area contributed by atoms with E-state index in [-0.39, 0.29) is 0 Å². The maximum absolute atomic E-state index is 5.68. The molecular weight excluding hydrogens is 715 g/mol. The zero-order valence-corrected chi connectivity index (χ0v) is 32.0. The molecule has 0 saturated heterocycles. The number of nitrogens with zero attached hydrogens (tertiary/aromatic N) is 3. The summed E-state index contributed by atoms with van der Waals surface area (Å²) in [7, 11) is 0. The molecule has 0 unspecified atom stereocenters. The first-order chi connectivity index (χ1) is 29.3. The van der Waals surface area contributed by atoms with Crippen LogP contribution in [0.15, 0.2) is 212 Å². The minimum Gasteiger partial charge on any atom is -0.247 e. The van der Waals surface area contributed by atoms with Gasteiger partial charge in [-0.25, -0.2) is 15.0 Å². The van der Waals surface area contributed by atoms with Gasteiger partial charge in [0.05, 0.1) is 28.2 Å². The summed E-state index contributed by atoms with van der Waals surface area (Å²) in [5.41, 5.74) is 18.7. The molecule has 10 aromatic rings. The average molecular weight is 750 g/mol. The lowest BCUT2D eigenvalue weighted by atomic mass is 9.69. The van der Waals surface area contributed by atoms with Crippen LogP contribution in [0.2, 0.25) is 0 Å². The van der Waals surface area contributed by atoms with Crippen LogP contribution in [0.5, 0.6) is 0 Å². The number of fused-ring (bicyclic) bond motifs is 12. The largest absolute Gasteiger partial charge is 0.247 e. The molecule has 274 valence electrons. The minimum absolute atomic E-state index is 0.460. The highest BCUT2D eigenvalue weighted by Gasteiger charge is 2.53. The second-order valence-corrected chi connectivity index (χ2v) is 15.4. The Morgan fingerprint density at radius 1 is 0.288 bits per heavy atom. The van der Waals surface area contributed by atoms with E-state index in [1.54, 1.807) is 0 Å². The van der Waals surface area contributed by atoms with Crippen molar-refractivity contribution in [2.45, 2.75) is 5.41 Å². The van der Waals surface area contributed by atoms with Gasteiger partial charge in [-0.05, 0) is 50.4 Å². The van der Waals surface area contributed by atoms with Gasteiger partial charge in [-0.2, -0.15) is 0 Å². The Kier molecular flexibility index (Phi) is 7.45. The highest BCUT2D eigenvalue weighted by molar-refractivity contribution is 6.06. The first-order valence-corrected chi connectivity index (χ1v) is 20.2. The second-order valence-electron chi connectivity index (χ2n) is 15.4. The minimum atomic E-state index is -0.460. The van der Waals surface area contributed by atoms with E-state index < -0.39 is 5.41 Å². The first kappa shape index (κ1) is 33.4. The number of benzene rings is 8. The lowest BCUT2D eigenvalue weighted by Crippen LogP contribution is -2.26. The maximum atomic E-state index is 5.68. The molecule has 0 fully saturated rings. The van der Waals surface area contributed by atoms with Crippen molar-refractivity contribution in [1.29, 1.82) is 0 Å². The van der Waals surface area contributed by atoms with E-state index in [0.717, 1.165) is 61.5 Å². The van der Waals surface area contributed by atoms with Crippen LogP contribution in [0.4, 0.5) is 0 Å². The molecule has 2 heterocycles. The molecule has 3 heteroatoms. The SMILES string of the molecule is c1ccc(-c2cc(-c3ccccc3)nc(-c3ccccc3-c3ccc(-c4nc5c(c6ccccc46)C4(c6ccccc6-c6ccccc64)c4ccccc4-5)cc3)n2)cc1. The van der Waals surface area contributed by atoms with Crippen molar-refractivity contribution < 1.29 is 0 Å². The van der Waals surface area contributed by atoms with Gasteiger partial charge in [0, 0.05) is 38.8 Å². The predicted molar refractivity (Wildman–Crippen MR) is 241 cm³/mol. The Hall–Kier alpha value is -7.75. The van der Waals surface area contributed by atoms with Crippen molar-refractivity contribution in [2.24, 2.45) is 0 Å². The zero-order valence-electron chi connectivity index (χ0n) is 32.0. The number of hydrogen-bond acceptors (Lipinski definition) is 3. The fourth-order valence-electron chi connectivity index (χ4n) is 9.82. The lowest BCUT2D eigenvalue weighted by Gasteiger charge is -2.31. The van der Waals surface area contributed by atoms with Crippen molar-refractivity contribution in [3.63, 3.8) is 0 Å². The van der Waals surface area contributed by atoms with Crippen LogP contribution in [0.1, 0.15) is 22.3 Å². The molecule has 0 bridgehead atoms. The summed E-state index contributed by atoms with van der Waals surface area (Å²) in [4.78, 5) is 16.0. The van der Waals surface area contributed by atoms with Crippen LogP contribution in [0.25, 0.3) is 89.4 Å². The number of pyridine rings is 1. The summed E-state index contributed by atoms with van der Waals surface area (Å²) in [6, 6.07) is 75.8. The quantitative estimate of drug-likeness (QED) is 0.176. The molecular formula is C56H35N3. The highest BCUT2D eigenvalue weighted by Crippen LogP contribution is 2.64. The topological polar surface area (TPSA) is 38.7 Å². The summed E-state index contributed by atoms with van der Waals surface area (Å²) in [6.45, 7) is 0. The van der Waals surface area contributed by atoms with Crippen LogP contribution < -0.4 is 0 Å². The molecule has 0 amide bonds. The Morgan fingerprint density at radius 2 is 0.729 bits per heavy atom. The summed E-state index contributed by atoms with van der Waals surface area (Å²) in [5, 5.41) is 2.38. The smallest absolute Gasteiger partial charge is 0.161 e. The Labute approximate surface area is 343 Å². The molecule has 0 aliphatic heterocycles. The molecule has 12 rings (SSSR count). The van der Waals surface area contributed by atoms with Crippen LogP contribution in [-0.2, 0) is 5.41 Å². The van der Waals surface area contributed by atoms with E-state index in [0.29, 0.717) is 5.82 Å². The predicted octanol–water partition coefficient (Wildman–Crippen LogP) is 13.7. The van der Waals surface area contributed by atoms with E-state index in [1.165, 1.54) is 44.3 Å². The highest BCUT2D eigenvalue weighted by atomic mass is 14.9. The second kappa shape index (κ2) is 13.2. The number of hydrogen-bond donors (Lipinski definition) is 0. The average Bonchev–Trinajstić information content (AvgIpc) is 3.79. The zero-order chi connectivity index (χ0) is 38.9. The molecule has 2 aromatic heterocycles. The molecule has 3 nitrogen and oxygen atoms in total. The molecule has 2 aliphatic carbocycles. The third-order valence-corrected chi connectivity index (χ3v) is 12.3. The van der Waals surface area contributed by atoms with Gasteiger partial charge in [0.25, 0.3) is 0 Å². The molecule has 0 atom stereocenters. The van der Waals surface area contributed by atoms with Gasteiger partial charge in [-0.15, -0.1) is 0 Å². The van der Waals surface area contributed by atoms with Gasteiger partial charge in [-0.1, -0.05) is 206 Å². The van der Waals surface area contributed by atoms with Gasteiger partial charge in [0.15, 0.2) is 5.82 Å². The van der Waals surface area contributed by atoms with Gasteiger partial charge in [0.2, 0.25) is 0 Å². The lowest BCUT2D eigenvalue weighted by molar-refractivity contribution is 0.799. The van der Waals surface area contributed by atoms with Crippen molar-refractivity contribution >= 4 is 10.8 Å². The first-order valence-electron chi connectivity index (χ1n) is 20.2. The molecule has 59 heavy (non-hydrogen) atoms. The van der Waals surface area contributed by atoms with Gasteiger partial charge >= 0.3 is 0 Å². The van der Waals surface area contributed by atoms with Gasteiger partial charge < -0.3 is 0 Å². The summed E-state index contributed by atoms with van der Waals surface area (Å²) in [5.74, 6) is 0.693. The van der Waals surface area contributed by atoms with Crippen LogP contribution in [0.3, 0.4) is 0 Å². The summed E-state index contributed by atoms with van der Waals surface area (Å²) in [6.07, 6.45) is 0. The standard InChI is InChI=1S/C56H35N3/c1-3-17-37(18-4-1)50-35-51(38-19-5-2-6-20-38)58-55(57-50)45-26-10-7-21-40(45)36-31-33-39(34-32-36)53-44-25-9-8-24-43(44)52-54(59-53)46-27-13-16-30-49(46)56(52)47-28-14-11-22-41(47)42-23-12-15-29-48(42)56/h1-35H. The van der Waals surface area contributed by atoms with Crippen LogP contribution >= 0.6 is 0 Å². The molecule has 0 N–H and O–H groups in total. The number of rotatable bonds is 5. The van der Waals surface area contributed by atoms with E-state index in [1.807, 2.05) is 12.1 Å². The molecule has 1 spiro atoms. The van der Waals surface area contributed by atoms with Crippen molar-refractivity contribution in [1.82, 2.24) is 15.0 Å². The van der Waals surface area contributed by atoms with Gasteiger partial charge in [-0.3, -0.25) is 0 Å². The normalized spacial score (nSPS) is 12.9. The third kappa shape index (κ3) is 4.98. The third-order valence-electron chi connectivity index (χ3n) is 12.3. The summed E-state index contributed by atoms with van der Waals surface area (Å²) < 4.78 is 0. The van der Waals surface area contributed by atoms with E-state index >= 15 is 0 Å². The monoisotopic (exact) mass is 749 g/mol. The Morgan fingerprint density at radius 3 is 1.32 bits per heavy atom. The Balaban J connectivity index is 1.01. The molecule has 2 aliphatic rings. The maximum Gasteiger partial charge on any atom is 0.161 e. The molecule has 0 saturated carbocycles. The molecule has 8 aromatic carbocycles. The van der Waals surface area contributed by atoms with Crippen molar-refractivity contribution in [3.05, 3.63) is 235 Å². The van der Waals surface area contributed by atoms with E-state index in [9.17, 15) is 0 Å². The summed E-state index contributed by atoms with van der Waals surface area (Å²) >= 11 is 0. The van der Waals surface area contributed by atoms with Crippen LogP contribution in [-0.4, -0.2) is 15.0 Å². The van der Waals surface area contributed by atoms with Crippen molar-refractivity contribution in [2.75, 3.05) is 0 Å². The van der Waals surface area contributed by atoms with E-state index in [4.69, 9.17) is 15.0 Å². The van der Waals surface area contributed by atoms with E-state index in [2.05, 4.69) is 200 Å². The number of aromatic nitrogens is 3. The molecule has 0 radical (unpaired) electrons. The Bertz CT molecular complexity index is 3160.